The second-order valence-electron chi connectivity index (χ2n) is 27.7. The number of carbonyl (C=O) groups is 1. The zero-order chi connectivity index (χ0) is 62.6. The number of phosphoric ester groups is 1. The summed E-state index contributed by atoms with van der Waals surface area (Å²) in [5.74, 6) is -0.169. The van der Waals surface area contributed by atoms with Crippen LogP contribution in [0.5, 0.6) is 0 Å². The summed E-state index contributed by atoms with van der Waals surface area (Å²) in [5, 5.41) is 14.0. The zero-order valence-corrected chi connectivity index (χ0v) is 59.5. The van der Waals surface area contributed by atoms with Crippen molar-refractivity contribution < 1.29 is 32.9 Å². The van der Waals surface area contributed by atoms with E-state index in [0.717, 1.165) is 38.5 Å². The van der Waals surface area contributed by atoms with Crippen LogP contribution in [0.2, 0.25) is 0 Å². The Morgan fingerprint density at radius 3 is 0.953 bits per heavy atom. The number of amides is 1. The van der Waals surface area contributed by atoms with Crippen LogP contribution < -0.4 is 5.32 Å². The molecule has 0 aliphatic rings. The lowest BCUT2D eigenvalue weighted by molar-refractivity contribution is -0.870. The third kappa shape index (κ3) is 70.2. The van der Waals surface area contributed by atoms with Gasteiger partial charge in [0.1, 0.15) is 13.2 Å². The SMILES string of the molecule is CCCCCCCCCCCCCCCCC/C=C\C/C=C\CCCCCCCCCCCCCCCCCCCC(=O)NC(COP(=O)(O)OCC[N+](C)(C)C)C(O)/C=C/CCCCCCCCCCCCCCCCCCCCCCCCC. The molecule has 0 aromatic rings. The van der Waals surface area contributed by atoms with E-state index in [0.29, 0.717) is 17.4 Å². The number of carbonyl (C=O) groups excluding carboxylic acids is 1. The van der Waals surface area contributed by atoms with Crippen LogP contribution in [0.15, 0.2) is 36.5 Å². The van der Waals surface area contributed by atoms with E-state index in [-0.39, 0.29) is 19.1 Å². The first-order chi connectivity index (χ1) is 42.0. The Labute approximate surface area is 537 Å². The molecule has 9 heteroatoms. The normalized spacial score (nSPS) is 13.7. The molecule has 0 saturated carbocycles. The molecule has 0 spiro atoms. The van der Waals surface area contributed by atoms with Crippen molar-refractivity contribution in [1.82, 2.24) is 5.32 Å². The van der Waals surface area contributed by atoms with Gasteiger partial charge in [-0.25, -0.2) is 4.57 Å². The van der Waals surface area contributed by atoms with E-state index in [1.54, 1.807) is 6.08 Å². The smallest absolute Gasteiger partial charge is 0.387 e. The van der Waals surface area contributed by atoms with Gasteiger partial charge in [0.25, 0.3) is 0 Å². The van der Waals surface area contributed by atoms with Gasteiger partial charge >= 0.3 is 7.82 Å². The fraction of sp³-hybridized carbons (Fsp3) is 0.909. The molecule has 1 amide bonds. The lowest BCUT2D eigenvalue weighted by atomic mass is 10.0. The highest BCUT2D eigenvalue weighted by Gasteiger charge is 2.28. The van der Waals surface area contributed by atoms with E-state index in [9.17, 15) is 19.4 Å². The molecule has 0 radical (unpaired) electrons. The lowest BCUT2D eigenvalue weighted by Crippen LogP contribution is -2.45. The molecule has 0 saturated heterocycles. The van der Waals surface area contributed by atoms with Crippen LogP contribution in [0, 0.1) is 0 Å². The maximum Gasteiger partial charge on any atom is 0.472 e. The summed E-state index contributed by atoms with van der Waals surface area (Å²) in [6.45, 7) is 4.88. The first-order valence-electron chi connectivity index (χ1n) is 38.4. The van der Waals surface area contributed by atoms with Crippen molar-refractivity contribution >= 4 is 13.7 Å². The minimum atomic E-state index is -4.35. The number of rotatable bonds is 72. The maximum atomic E-state index is 13.1. The fourth-order valence-corrected chi connectivity index (χ4v) is 12.6. The maximum absolute atomic E-state index is 13.1. The van der Waals surface area contributed by atoms with Gasteiger partial charge in [0.05, 0.1) is 39.9 Å². The molecule has 0 aliphatic carbocycles. The van der Waals surface area contributed by atoms with E-state index >= 15 is 0 Å². The molecule has 0 aromatic carbocycles. The standard InChI is InChI=1S/C77H151N2O6P/c1-6-8-10-12-14-16-18-20-22-24-26-28-30-32-33-34-35-36-37-38-39-40-41-42-43-44-45-47-49-51-53-55-57-59-61-63-65-67-69-71-77(81)78-75(74-85-86(82,83)84-73-72-79(3,4)5)76(80)70-68-66-64-62-60-58-56-54-52-50-48-46-31-29-27-25-23-21-19-17-15-13-11-9-7-2/h35-36,38-39,68,70,75-76,80H,6-34,37,40-67,69,71-74H2,1-5H3,(H-,78,81,82,83)/p+1/b36-35-,39-38-,70-68+. The quantitative estimate of drug-likeness (QED) is 0.0243. The molecule has 0 heterocycles. The number of likely N-dealkylation sites (N-methyl/N-ethyl adjacent to an activating group) is 1. The van der Waals surface area contributed by atoms with Gasteiger partial charge in [-0.1, -0.05) is 378 Å². The van der Waals surface area contributed by atoms with Crippen LogP contribution in [0.4, 0.5) is 0 Å². The van der Waals surface area contributed by atoms with Crippen LogP contribution >= 0.6 is 7.82 Å². The summed E-state index contributed by atoms with van der Waals surface area (Å²) >= 11 is 0. The highest BCUT2D eigenvalue weighted by atomic mass is 31.2. The van der Waals surface area contributed by atoms with Gasteiger partial charge in [-0.2, -0.15) is 0 Å². The van der Waals surface area contributed by atoms with E-state index in [1.165, 1.54) is 340 Å². The predicted octanol–water partition coefficient (Wildman–Crippen LogP) is 24.8. The molecule has 86 heavy (non-hydrogen) atoms. The molecule has 3 N–H and O–H groups in total. The van der Waals surface area contributed by atoms with Crippen molar-refractivity contribution in [3.8, 4) is 0 Å². The summed E-state index contributed by atoms with van der Waals surface area (Å²) in [7, 11) is 1.59. The second-order valence-corrected chi connectivity index (χ2v) is 29.2. The number of phosphoric acid groups is 1. The van der Waals surface area contributed by atoms with Gasteiger partial charge in [0, 0.05) is 6.42 Å². The Bertz CT molecular complexity index is 1500. The van der Waals surface area contributed by atoms with Crippen LogP contribution in [0.3, 0.4) is 0 Å². The van der Waals surface area contributed by atoms with Crippen molar-refractivity contribution in [3.05, 3.63) is 36.5 Å². The van der Waals surface area contributed by atoms with Crippen LogP contribution in [-0.4, -0.2) is 73.4 Å². The van der Waals surface area contributed by atoms with Crippen molar-refractivity contribution in [2.75, 3.05) is 40.9 Å². The molecule has 0 aromatic heterocycles. The third-order valence-corrected chi connectivity index (χ3v) is 18.8. The van der Waals surface area contributed by atoms with Crippen molar-refractivity contribution in [3.63, 3.8) is 0 Å². The topological polar surface area (TPSA) is 105 Å². The number of aliphatic hydroxyl groups excluding tert-OH is 1. The van der Waals surface area contributed by atoms with Crippen molar-refractivity contribution in [2.45, 2.75) is 411 Å². The zero-order valence-electron chi connectivity index (χ0n) is 58.6. The minimum absolute atomic E-state index is 0.0633. The van der Waals surface area contributed by atoms with Gasteiger partial charge in [-0.05, 0) is 51.4 Å². The fourth-order valence-electron chi connectivity index (χ4n) is 11.9. The van der Waals surface area contributed by atoms with Crippen molar-refractivity contribution in [2.24, 2.45) is 0 Å². The monoisotopic (exact) mass is 1230 g/mol. The summed E-state index contributed by atoms with van der Waals surface area (Å²) in [5.41, 5.74) is 0. The Morgan fingerprint density at radius 1 is 0.395 bits per heavy atom. The number of aliphatic hydroxyl groups is 1. The van der Waals surface area contributed by atoms with E-state index < -0.39 is 20.0 Å². The number of hydrogen-bond acceptors (Lipinski definition) is 5. The molecule has 3 unspecified atom stereocenters. The van der Waals surface area contributed by atoms with Gasteiger partial charge < -0.3 is 19.8 Å². The summed E-state index contributed by atoms with van der Waals surface area (Å²) in [6.07, 6.45) is 91.8. The van der Waals surface area contributed by atoms with E-state index in [1.807, 2.05) is 27.2 Å². The van der Waals surface area contributed by atoms with Crippen LogP contribution in [0.25, 0.3) is 0 Å². The van der Waals surface area contributed by atoms with Crippen LogP contribution in [0.1, 0.15) is 399 Å². The molecule has 0 aliphatic heterocycles. The molecular formula is C77H152N2O6P+. The first-order valence-corrected chi connectivity index (χ1v) is 39.9. The highest BCUT2D eigenvalue weighted by Crippen LogP contribution is 2.43. The summed E-state index contributed by atoms with van der Waals surface area (Å²) in [4.78, 5) is 23.5. The van der Waals surface area contributed by atoms with Crippen molar-refractivity contribution in [1.29, 1.82) is 0 Å². The highest BCUT2D eigenvalue weighted by molar-refractivity contribution is 7.47. The average molecular weight is 1230 g/mol. The molecule has 510 valence electrons. The number of unbranched alkanes of at least 4 members (excludes halogenated alkanes) is 55. The predicted molar refractivity (Wildman–Crippen MR) is 378 cm³/mol. The van der Waals surface area contributed by atoms with Gasteiger partial charge in [0.2, 0.25) is 5.91 Å². The Hall–Kier alpha value is -1.28. The molecule has 3 atom stereocenters. The molecular weight excluding hydrogens is 1080 g/mol. The minimum Gasteiger partial charge on any atom is -0.387 e. The van der Waals surface area contributed by atoms with Gasteiger partial charge in [0.15, 0.2) is 0 Å². The second kappa shape index (κ2) is 68.1. The molecule has 8 nitrogen and oxygen atoms in total. The van der Waals surface area contributed by atoms with Gasteiger partial charge in [-0.3, -0.25) is 13.8 Å². The largest absolute Gasteiger partial charge is 0.472 e. The summed E-state index contributed by atoms with van der Waals surface area (Å²) < 4.78 is 23.9. The van der Waals surface area contributed by atoms with E-state index in [4.69, 9.17) is 9.05 Å². The third-order valence-electron chi connectivity index (χ3n) is 17.9. The lowest BCUT2D eigenvalue weighted by Gasteiger charge is -2.25. The van der Waals surface area contributed by atoms with Gasteiger partial charge in [-0.15, -0.1) is 0 Å². The average Bonchev–Trinajstić information content (AvgIpc) is 3.70. The number of hydrogen-bond donors (Lipinski definition) is 3. The molecule has 0 bridgehead atoms. The molecule has 0 fully saturated rings. The van der Waals surface area contributed by atoms with E-state index in [2.05, 4.69) is 43.5 Å². The number of nitrogens with one attached hydrogen (secondary N) is 1. The van der Waals surface area contributed by atoms with Crippen LogP contribution in [-0.2, 0) is 18.4 Å². The number of nitrogens with zero attached hydrogens (tertiary/aromatic N) is 1. The molecule has 0 rings (SSSR count). The summed E-state index contributed by atoms with van der Waals surface area (Å²) in [6, 6.07) is -0.847. The first kappa shape index (κ1) is 84.7. The Morgan fingerprint density at radius 2 is 0.663 bits per heavy atom. The Balaban J connectivity index is 3.96. The number of quaternary nitrogens is 1. The number of allylic oxidation sites excluding steroid dienone is 5. The Kier molecular flexibility index (Phi) is 67.1.